The Labute approximate surface area is 156 Å². The van der Waals surface area contributed by atoms with Crippen LogP contribution in [0.25, 0.3) is 0 Å². The van der Waals surface area contributed by atoms with Crippen LogP contribution in [0.15, 0.2) is 53.6 Å². The highest BCUT2D eigenvalue weighted by molar-refractivity contribution is 7.86. The van der Waals surface area contributed by atoms with E-state index in [1.165, 1.54) is 5.01 Å². The van der Waals surface area contributed by atoms with E-state index in [9.17, 15) is 13.2 Å². The molecule has 0 fully saturated rings. The fourth-order valence-corrected chi connectivity index (χ4v) is 3.30. The van der Waals surface area contributed by atoms with Crippen LogP contribution in [-0.4, -0.2) is 38.0 Å². The van der Waals surface area contributed by atoms with Crippen LogP contribution in [-0.2, 0) is 10.1 Å². The Morgan fingerprint density at radius 2 is 1.81 bits per heavy atom. The van der Waals surface area contributed by atoms with Gasteiger partial charge >= 0.3 is 16.1 Å². The van der Waals surface area contributed by atoms with Crippen molar-refractivity contribution in [3.05, 3.63) is 64.7 Å². The largest absolute Gasteiger partial charge is 0.383 e. The molecular weight excluding hydrogens is 378 g/mol. The average molecular weight is 394 g/mol. The van der Waals surface area contributed by atoms with Crippen molar-refractivity contribution in [1.82, 2.24) is 5.01 Å². The van der Waals surface area contributed by atoms with Crippen molar-refractivity contribution in [1.29, 1.82) is 0 Å². The second kappa shape index (κ2) is 6.97. The monoisotopic (exact) mass is 393 g/mol. The summed E-state index contributed by atoms with van der Waals surface area (Å²) in [6.45, 7) is 0.291. The second-order valence-corrected chi connectivity index (χ2v) is 7.83. The molecule has 1 atom stereocenters. The van der Waals surface area contributed by atoms with Gasteiger partial charge in [0.05, 0.1) is 18.5 Å². The van der Waals surface area contributed by atoms with E-state index < -0.39 is 16.1 Å². The molecule has 0 saturated heterocycles. The van der Waals surface area contributed by atoms with Crippen molar-refractivity contribution in [3.8, 4) is 5.75 Å². The summed E-state index contributed by atoms with van der Waals surface area (Å²) in [6.07, 6.45) is 0.980. The Kier molecular flexibility index (Phi) is 4.88. The smallest absolute Gasteiger partial charge is 0.335 e. The molecule has 2 aromatic rings. The van der Waals surface area contributed by atoms with Gasteiger partial charge in [-0.15, -0.1) is 0 Å². The zero-order valence-electron chi connectivity index (χ0n) is 13.8. The third kappa shape index (κ3) is 4.14. The van der Waals surface area contributed by atoms with Crippen LogP contribution in [0.5, 0.6) is 5.75 Å². The maximum Gasteiger partial charge on any atom is 0.335 e. The summed E-state index contributed by atoms with van der Waals surface area (Å²) in [5, 5.41) is 6.13. The van der Waals surface area contributed by atoms with Crippen molar-refractivity contribution in [2.45, 2.75) is 5.92 Å². The van der Waals surface area contributed by atoms with Gasteiger partial charge in [0.2, 0.25) is 0 Å². The van der Waals surface area contributed by atoms with E-state index in [1.54, 1.807) is 36.4 Å². The van der Waals surface area contributed by atoms with Gasteiger partial charge < -0.3 is 9.92 Å². The number of hydrogen-bond acceptors (Lipinski definition) is 5. The maximum absolute atomic E-state index is 11.6. The number of rotatable bonds is 4. The molecule has 0 aromatic heterocycles. The number of amides is 2. The van der Waals surface area contributed by atoms with Gasteiger partial charge in [-0.3, -0.25) is 0 Å². The third-order valence-corrected chi connectivity index (χ3v) is 4.59. The zero-order chi connectivity index (χ0) is 18.9. The summed E-state index contributed by atoms with van der Waals surface area (Å²) in [6, 6.07) is 13.1. The lowest BCUT2D eigenvalue weighted by atomic mass is 9.90. The quantitative estimate of drug-likeness (QED) is 0.806. The van der Waals surface area contributed by atoms with Crippen molar-refractivity contribution < 1.29 is 17.4 Å². The number of hydrogen-bond donors (Lipinski definition) is 1. The van der Waals surface area contributed by atoms with Gasteiger partial charge in [-0.1, -0.05) is 35.9 Å². The zero-order valence-corrected chi connectivity index (χ0v) is 15.4. The minimum absolute atomic E-state index is 0.212. The molecule has 0 spiro atoms. The highest BCUT2D eigenvalue weighted by atomic mass is 35.5. The topological polar surface area (TPSA) is 102 Å². The van der Waals surface area contributed by atoms with Gasteiger partial charge in [0, 0.05) is 10.9 Å². The van der Waals surface area contributed by atoms with Crippen molar-refractivity contribution >= 4 is 33.5 Å². The molecule has 0 aliphatic carbocycles. The summed E-state index contributed by atoms with van der Waals surface area (Å²) in [5.74, 6) is 0.00180. The van der Waals surface area contributed by atoms with Crippen LogP contribution in [0.2, 0.25) is 5.02 Å². The Balaban J connectivity index is 1.93. The first-order valence-corrected chi connectivity index (χ1v) is 9.83. The molecule has 26 heavy (non-hydrogen) atoms. The molecular formula is C17H16ClN3O4S. The minimum Gasteiger partial charge on any atom is -0.383 e. The molecule has 9 heteroatoms. The molecule has 1 heterocycles. The number of benzene rings is 2. The number of nitrogens with two attached hydrogens (primary N) is 1. The van der Waals surface area contributed by atoms with E-state index in [2.05, 4.69) is 5.10 Å². The van der Waals surface area contributed by atoms with E-state index in [4.69, 9.17) is 21.5 Å². The number of carbonyl (C=O) groups is 1. The highest BCUT2D eigenvalue weighted by Crippen LogP contribution is 2.30. The number of carbonyl (C=O) groups excluding carboxylic acids is 1. The number of primary amides is 1. The Hall–Kier alpha value is -2.58. The maximum atomic E-state index is 11.6. The van der Waals surface area contributed by atoms with E-state index in [0.29, 0.717) is 17.3 Å². The molecule has 7 nitrogen and oxygen atoms in total. The van der Waals surface area contributed by atoms with Crippen LogP contribution in [0.3, 0.4) is 0 Å². The molecule has 1 aliphatic rings. The van der Waals surface area contributed by atoms with Gasteiger partial charge in [-0.2, -0.15) is 13.5 Å². The molecule has 2 amide bonds. The van der Waals surface area contributed by atoms with Gasteiger partial charge in [-0.05, 0) is 35.4 Å². The lowest BCUT2D eigenvalue weighted by Crippen LogP contribution is -2.30. The average Bonchev–Trinajstić information content (AvgIpc) is 3.00. The first-order chi connectivity index (χ1) is 12.2. The highest BCUT2D eigenvalue weighted by Gasteiger charge is 2.31. The molecule has 3 rings (SSSR count). The molecule has 2 aromatic carbocycles. The van der Waals surface area contributed by atoms with E-state index in [-0.39, 0.29) is 11.7 Å². The van der Waals surface area contributed by atoms with E-state index >= 15 is 0 Å². The molecule has 136 valence electrons. The van der Waals surface area contributed by atoms with Gasteiger partial charge in [0.15, 0.2) is 0 Å². The van der Waals surface area contributed by atoms with Crippen molar-refractivity contribution in [2.75, 3.05) is 12.8 Å². The number of nitrogens with zero attached hydrogens (tertiary/aromatic N) is 2. The third-order valence-electron chi connectivity index (χ3n) is 3.84. The Morgan fingerprint density at radius 1 is 1.19 bits per heavy atom. The molecule has 1 unspecified atom stereocenters. The van der Waals surface area contributed by atoms with Crippen molar-refractivity contribution in [2.24, 2.45) is 10.8 Å². The first kappa shape index (κ1) is 18.2. The summed E-state index contributed by atoms with van der Waals surface area (Å²) >= 11 is 5.93. The van der Waals surface area contributed by atoms with Crippen LogP contribution in [0.4, 0.5) is 4.79 Å². The lowest BCUT2D eigenvalue weighted by Gasteiger charge is -2.14. The first-order valence-electron chi connectivity index (χ1n) is 7.64. The van der Waals surface area contributed by atoms with E-state index in [1.807, 2.05) is 12.1 Å². The molecule has 2 N–H and O–H groups in total. The summed E-state index contributed by atoms with van der Waals surface area (Å²) in [7, 11) is -3.59. The molecule has 1 aliphatic heterocycles. The summed E-state index contributed by atoms with van der Waals surface area (Å²) in [4.78, 5) is 11.6. The van der Waals surface area contributed by atoms with Gasteiger partial charge in [0.1, 0.15) is 5.75 Å². The summed E-state index contributed by atoms with van der Waals surface area (Å²) in [5.41, 5.74) is 7.72. The molecule has 0 bridgehead atoms. The van der Waals surface area contributed by atoms with Crippen LogP contribution in [0, 0.1) is 0 Å². The Morgan fingerprint density at radius 3 is 2.35 bits per heavy atom. The SMILES string of the molecule is CS(=O)(=O)Oc1ccc(C2CN(C(N)=O)N=C2c2ccc(Cl)cc2)cc1. The molecule has 0 saturated carbocycles. The van der Waals surface area contributed by atoms with Crippen LogP contribution in [0.1, 0.15) is 17.0 Å². The number of halogens is 1. The second-order valence-electron chi connectivity index (χ2n) is 5.82. The normalized spacial score (nSPS) is 17.1. The minimum atomic E-state index is -3.59. The van der Waals surface area contributed by atoms with Gasteiger partial charge in [0.25, 0.3) is 0 Å². The summed E-state index contributed by atoms with van der Waals surface area (Å²) < 4.78 is 27.3. The molecule has 0 radical (unpaired) electrons. The van der Waals surface area contributed by atoms with E-state index in [0.717, 1.165) is 17.4 Å². The predicted octanol–water partition coefficient (Wildman–Crippen LogP) is 2.56. The van der Waals surface area contributed by atoms with Gasteiger partial charge in [-0.25, -0.2) is 9.80 Å². The van der Waals surface area contributed by atoms with Crippen LogP contribution >= 0.6 is 11.6 Å². The predicted molar refractivity (Wildman–Crippen MR) is 98.9 cm³/mol. The fourth-order valence-electron chi connectivity index (χ4n) is 2.71. The number of hydrazone groups is 1. The standard InChI is InChI=1S/C17H16ClN3O4S/c1-26(23,24)25-14-8-4-11(5-9-14)15-10-21(17(19)22)20-16(15)12-2-6-13(18)7-3-12/h2-9,15H,10H2,1H3,(H2,19,22). The fraction of sp³-hybridized carbons (Fsp3) is 0.176. The van der Waals surface area contributed by atoms with Crippen molar-refractivity contribution in [3.63, 3.8) is 0 Å². The Bertz CT molecular complexity index is 957. The van der Waals surface area contributed by atoms with Crippen LogP contribution < -0.4 is 9.92 Å². The number of urea groups is 1. The lowest BCUT2D eigenvalue weighted by molar-refractivity contribution is 0.214.